The maximum atomic E-state index is 12.4. The number of nitrogens with zero attached hydrogens (tertiary/aromatic N) is 2. The predicted octanol–water partition coefficient (Wildman–Crippen LogP) is 2.03. The molecule has 0 aliphatic carbocycles. The molecule has 0 saturated carbocycles. The van der Waals surface area contributed by atoms with E-state index in [2.05, 4.69) is 17.2 Å². The summed E-state index contributed by atoms with van der Waals surface area (Å²) in [6.07, 6.45) is 2.27. The van der Waals surface area contributed by atoms with Crippen LogP contribution in [0.4, 0.5) is 10.9 Å². The third-order valence-electron chi connectivity index (χ3n) is 3.12. The molecule has 6 heteroatoms. The molecule has 2 rings (SSSR count). The minimum Gasteiger partial charge on any atom is -0.382 e. The lowest BCUT2D eigenvalue weighted by Crippen LogP contribution is -2.39. The van der Waals surface area contributed by atoms with E-state index in [0.717, 1.165) is 31.2 Å². The van der Waals surface area contributed by atoms with E-state index >= 15 is 0 Å². The lowest BCUT2D eigenvalue weighted by atomic mass is 10.0. The summed E-state index contributed by atoms with van der Waals surface area (Å²) in [5.74, 6) is 0.949. The molecule has 1 atom stereocenters. The zero-order chi connectivity index (χ0) is 13.1. The molecule has 100 valence electrons. The van der Waals surface area contributed by atoms with Gasteiger partial charge in [-0.2, -0.15) is 0 Å². The van der Waals surface area contributed by atoms with Gasteiger partial charge >= 0.3 is 0 Å². The van der Waals surface area contributed by atoms with Crippen molar-refractivity contribution in [1.29, 1.82) is 0 Å². The van der Waals surface area contributed by atoms with Crippen LogP contribution in [0, 0.1) is 5.92 Å². The highest BCUT2D eigenvalue weighted by molar-refractivity contribution is 7.18. The number of amides is 1. The lowest BCUT2D eigenvalue weighted by molar-refractivity contribution is 0.0689. The van der Waals surface area contributed by atoms with Gasteiger partial charge < -0.3 is 16.0 Å². The van der Waals surface area contributed by atoms with Gasteiger partial charge in [0, 0.05) is 19.6 Å². The summed E-state index contributed by atoms with van der Waals surface area (Å²) in [6, 6.07) is 0. The second kappa shape index (κ2) is 5.56. The summed E-state index contributed by atoms with van der Waals surface area (Å²) in [5.41, 5.74) is 5.83. The van der Waals surface area contributed by atoms with E-state index < -0.39 is 0 Å². The quantitative estimate of drug-likeness (QED) is 0.880. The van der Waals surface area contributed by atoms with Crippen molar-refractivity contribution in [3.63, 3.8) is 0 Å². The summed E-state index contributed by atoms with van der Waals surface area (Å²) in [4.78, 5) is 19.0. The summed E-state index contributed by atoms with van der Waals surface area (Å²) in [7, 11) is 0. The second-order valence-corrected chi connectivity index (χ2v) is 5.76. The molecule has 18 heavy (non-hydrogen) atoms. The molecule has 1 aliphatic rings. The number of nitrogens with one attached hydrogen (secondary N) is 1. The number of anilines is 2. The van der Waals surface area contributed by atoms with Crippen LogP contribution in [-0.2, 0) is 0 Å². The van der Waals surface area contributed by atoms with Gasteiger partial charge in [-0.15, -0.1) is 0 Å². The first-order valence-corrected chi connectivity index (χ1v) is 7.23. The first kappa shape index (κ1) is 13.1. The molecule has 1 saturated heterocycles. The number of likely N-dealkylation sites (tertiary alicyclic amines) is 1. The summed E-state index contributed by atoms with van der Waals surface area (Å²) < 4.78 is 0. The third-order valence-corrected chi connectivity index (χ3v) is 4.14. The monoisotopic (exact) mass is 268 g/mol. The van der Waals surface area contributed by atoms with Crippen molar-refractivity contribution in [2.24, 2.45) is 5.92 Å². The number of nitrogens with two attached hydrogens (primary N) is 1. The first-order chi connectivity index (χ1) is 8.61. The minimum atomic E-state index is 0.0284. The average Bonchev–Trinajstić information content (AvgIpc) is 2.70. The first-order valence-electron chi connectivity index (χ1n) is 6.41. The number of hydrogen-bond acceptors (Lipinski definition) is 5. The third kappa shape index (κ3) is 2.75. The van der Waals surface area contributed by atoms with Crippen LogP contribution in [0.5, 0.6) is 0 Å². The molecule has 1 unspecified atom stereocenters. The maximum absolute atomic E-state index is 12.4. The highest BCUT2D eigenvalue weighted by atomic mass is 32.1. The van der Waals surface area contributed by atoms with Gasteiger partial charge in [0.1, 0.15) is 10.7 Å². The molecule has 1 aliphatic heterocycles. The zero-order valence-corrected chi connectivity index (χ0v) is 11.7. The normalized spacial score (nSPS) is 19.9. The number of carbonyl (C=O) groups is 1. The van der Waals surface area contributed by atoms with Crippen LogP contribution >= 0.6 is 11.3 Å². The van der Waals surface area contributed by atoms with Crippen molar-refractivity contribution in [1.82, 2.24) is 9.88 Å². The van der Waals surface area contributed by atoms with Gasteiger partial charge in [0.05, 0.1) is 0 Å². The fraction of sp³-hybridized carbons (Fsp3) is 0.667. The van der Waals surface area contributed by atoms with E-state index in [1.165, 1.54) is 17.8 Å². The standard InChI is InChI=1S/C12H20N4OS/c1-3-14-12-15-10(13)9(18-12)11(17)16-6-4-5-8(2)7-16/h8H,3-7,13H2,1-2H3,(H,14,15). The van der Waals surface area contributed by atoms with Crippen LogP contribution in [-0.4, -0.2) is 35.4 Å². The molecule has 5 nitrogen and oxygen atoms in total. The highest BCUT2D eigenvalue weighted by Crippen LogP contribution is 2.27. The highest BCUT2D eigenvalue weighted by Gasteiger charge is 2.25. The van der Waals surface area contributed by atoms with Crippen LogP contribution in [0.15, 0.2) is 0 Å². The van der Waals surface area contributed by atoms with Gasteiger partial charge in [0.2, 0.25) is 0 Å². The Morgan fingerprint density at radius 2 is 2.44 bits per heavy atom. The second-order valence-electron chi connectivity index (χ2n) is 4.76. The molecule has 1 aromatic rings. The Morgan fingerprint density at radius 1 is 1.67 bits per heavy atom. The van der Waals surface area contributed by atoms with Crippen molar-refractivity contribution in [3.05, 3.63) is 4.88 Å². The molecular weight excluding hydrogens is 248 g/mol. The van der Waals surface area contributed by atoms with Crippen molar-refractivity contribution < 1.29 is 4.79 Å². The van der Waals surface area contributed by atoms with Crippen molar-refractivity contribution in [3.8, 4) is 0 Å². The van der Waals surface area contributed by atoms with Gasteiger partial charge in [0.25, 0.3) is 5.91 Å². The molecule has 1 fully saturated rings. The van der Waals surface area contributed by atoms with E-state index in [0.29, 0.717) is 16.6 Å². The smallest absolute Gasteiger partial charge is 0.267 e. The Kier molecular flexibility index (Phi) is 4.06. The lowest BCUT2D eigenvalue weighted by Gasteiger charge is -2.30. The Bertz CT molecular complexity index is 432. The molecule has 3 N–H and O–H groups in total. The summed E-state index contributed by atoms with van der Waals surface area (Å²) in [6.45, 7) is 6.61. The van der Waals surface area contributed by atoms with Crippen LogP contribution in [0.3, 0.4) is 0 Å². The fourth-order valence-electron chi connectivity index (χ4n) is 2.23. The topological polar surface area (TPSA) is 71.2 Å². The van der Waals surface area contributed by atoms with Crippen LogP contribution < -0.4 is 11.1 Å². The Morgan fingerprint density at radius 3 is 3.11 bits per heavy atom. The fourth-order valence-corrected chi connectivity index (χ4v) is 3.15. The molecule has 1 aromatic heterocycles. The van der Waals surface area contributed by atoms with Crippen LogP contribution in [0.1, 0.15) is 36.4 Å². The number of thiazole rings is 1. The van der Waals surface area contributed by atoms with Gasteiger partial charge in [-0.3, -0.25) is 4.79 Å². The largest absolute Gasteiger partial charge is 0.382 e. The molecule has 0 aromatic carbocycles. The molecule has 0 radical (unpaired) electrons. The van der Waals surface area contributed by atoms with Gasteiger partial charge in [-0.1, -0.05) is 18.3 Å². The van der Waals surface area contributed by atoms with Crippen molar-refractivity contribution in [2.45, 2.75) is 26.7 Å². The molecule has 1 amide bonds. The van der Waals surface area contributed by atoms with E-state index in [1.807, 2.05) is 11.8 Å². The van der Waals surface area contributed by atoms with Gasteiger partial charge in [-0.25, -0.2) is 4.98 Å². The predicted molar refractivity (Wildman–Crippen MR) is 75.0 cm³/mol. The van der Waals surface area contributed by atoms with Crippen molar-refractivity contribution in [2.75, 3.05) is 30.7 Å². The molecular formula is C12H20N4OS. The Balaban J connectivity index is 2.12. The van der Waals surface area contributed by atoms with Crippen LogP contribution in [0.25, 0.3) is 0 Å². The molecule has 0 spiro atoms. The number of nitrogen functional groups attached to an aromatic ring is 1. The number of piperidine rings is 1. The minimum absolute atomic E-state index is 0.0284. The van der Waals surface area contributed by atoms with Gasteiger partial charge in [0.15, 0.2) is 5.13 Å². The number of hydrogen-bond donors (Lipinski definition) is 2. The maximum Gasteiger partial charge on any atom is 0.267 e. The van der Waals surface area contributed by atoms with E-state index in [4.69, 9.17) is 5.73 Å². The summed E-state index contributed by atoms with van der Waals surface area (Å²) >= 11 is 1.35. The number of carbonyl (C=O) groups excluding carboxylic acids is 1. The molecule has 0 bridgehead atoms. The number of rotatable bonds is 3. The van der Waals surface area contributed by atoms with E-state index in [1.54, 1.807) is 0 Å². The molecule has 2 heterocycles. The van der Waals surface area contributed by atoms with Gasteiger partial charge in [-0.05, 0) is 25.7 Å². The van der Waals surface area contributed by atoms with Crippen molar-refractivity contribution >= 4 is 28.2 Å². The zero-order valence-electron chi connectivity index (χ0n) is 10.9. The Hall–Kier alpha value is -1.30. The number of aromatic nitrogens is 1. The average molecular weight is 268 g/mol. The SMILES string of the molecule is CCNc1nc(N)c(C(=O)N2CCCC(C)C2)s1. The Labute approximate surface area is 111 Å². The summed E-state index contributed by atoms with van der Waals surface area (Å²) in [5, 5.41) is 3.82. The van der Waals surface area contributed by atoms with E-state index in [9.17, 15) is 4.79 Å². The van der Waals surface area contributed by atoms with E-state index in [-0.39, 0.29) is 5.91 Å². The van der Waals surface area contributed by atoms with Crippen LogP contribution in [0.2, 0.25) is 0 Å².